The first-order chi connectivity index (χ1) is 20.5. The molecule has 4 N–H and O–H groups in total. The summed E-state index contributed by atoms with van der Waals surface area (Å²) < 4.78 is 1.78. The summed E-state index contributed by atoms with van der Waals surface area (Å²) in [5.74, 6) is 7.09. The third-order valence-corrected chi connectivity index (χ3v) is 7.83. The Balaban J connectivity index is 1.50. The van der Waals surface area contributed by atoms with E-state index in [0.717, 1.165) is 19.3 Å². The summed E-state index contributed by atoms with van der Waals surface area (Å²) >= 11 is 0. The normalized spacial score (nSPS) is 19.9. The predicted molar refractivity (Wildman–Crippen MR) is 163 cm³/mol. The number of amides is 1. The number of imidazole rings is 1. The van der Waals surface area contributed by atoms with Crippen molar-refractivity contribution in [3.63, 3.8) is 0 Å². The molecular formula is C33H38N6O3. The zero-order valence-corrected chi connectivity index (χ0v) is 24.1. The van der Waals surface area contributed by atoms with Gasteiger partial charge >= 0.3 is 0 Å². The number of benzene rings is 2. The van der Waals surface area contributed by atoms with Crippen molar-refractivity contribution in [2.45, 2.75) is 76.2 Å². The molecule has 0 spiro atoms. The summed E-state index contributed by atoms with van der Waals surface area (Å²) in [7, 11) is 0. The molecular weight excluding hydrogens is 528 g/mol. The molecule has 1 fully saturated rings. The van der Waals surface area contributed by atoms with Gasteiger partial charge in [0.15, 0.2) is 17.0 Å². The van der Waals surface area contributed by atoms with Gasteiger partial charge in [-0.3, -0.25) is 4.79 Å². The Morgan fingerprint density at radius 2 is 1.71 bits per heavy atom. The van der Waals surface area contributed by atoms with E-state index >= 15 is 0 Å². The van der Waals surface area contributed by atoms with Crippen molar-refractivity contribution in [1.29, 1.82) is 0 Å². The van der Waals surface area contributed by atoms with E-state index in [9.17, 15) is 15.0 Å². The van der Waals surface area contributed by atoms with Gasteiger partial charge in [-0.15, -0.1) is 0 Å². The highest BCUT2D eigenvalue weighted by Gasteiger charge is 2.43. The quantitative estimate of drug-likeness (QED) is 0.168. The summed E-state index contributed by atoms with van der Waals surface area (Å²) in [6, 6.07) is 19.6. The van der Waals surface area contributed by atoms with Crippen LogP contribution in [0.3, 0.4) is 0 Å². The Bertz CT molecular complexity index is 1510. The average Bonchev–Trinajstić information content (AvgIpc) is 3.56. The van der Waals surface area contributed by atoms with Crippen LogP contribution in [-0.2, 0) is 4.79 Å². The number of nitrogens with one attached hydrogen (secondary N) is 2. The molecule has 42 heavy (non-hydrogen) atoms. The molecule has 1 aliphatic rings. The molecule has 0 radical (unpaired) electrons. The minimum atomic E-state index is -1.10. The number of unbranched alkanes of at least 4 members (excludes halogenated alkanes) is 2. The van der Waals surface area contributed by atoms with E-state index in [1.54, 1.807) is 17.8 Å². The topological polar surface area (TPSA) is 125 Å². The monoisotopic (exact) mass is 566 g/mol. The number of rotatable bonds is 10. The van der Waals surface area contributed by atoms with Gasteiger partial charge in [-0.05, 0) is 29.9 Å². The SMILES string of the molecule is CCCCC#Cc1nc(NCC(c2ccccc2)c2ccccc2)c2ncn([C@@H]3C[C@H](NC(=O)CC)[C@@H](O)[C@H]3O)c2n1. The number of aliphatic hydroxyl groups excluding tert-OH is 2. The first kappa shape index (κ1) is 29.2. The molecule has 2 heterocycles. The molecule has 0 unspecified atom stereocenters. The van der Waals surface area contributed by atoms with Crippen molar-refractivity contribution in [3.8, 4) is 11.8 Å². The Morgan fingerprint density at radius 1 is 1.02 bits per heavy atom. The lowest BCUT2D eigenvalue weighted by atomic mass is 9.91. The maximum absolute atomic E-state index is 12.0. The molecule has 4 aromatic rings. The highest BCUT2D eigenvalue weighted by atomic mass is 16.3. The predicted octanol–water partition coefficient (Wildman–Crippen LogP) is 4.17. The molecule has 1 aliphatic carbocycles. The highest BCUT2D eigenvalue weighted by Crippen LogP contribution is 2.34. The standard InChI is InChI=1S/C33H38N6O3/c1-3-5-6-13-18-27-37-32(34-20-24(22-14-9-7-10-15-22)23-16-11-8-12-17-23)29-33(38-27)39(21-35-29)26-19-25(30(41)31(26)42)36-28(40)4-2/h7-12,14-17,21,24-26,30-31,41-42H,3-6,19-20H2,1-2H3,(H,36,40)(H,34,37,38)/t25-,26+,30+,31-/m0/s1. The van der Waals surface area contributed by atoms with E-state index in [4.69, 9.17) is 9.97 Å². The Kier molecular flexibility index (Phi) is 9.47. The maximum Gasteiger partial charge on any atom is 0.220 e. The Labute approximate surface area is 246 Å². The fraction of sp³-hybridized carbons (Fsp3) is 0.394. The van der Waals surface area contributed by atoms with E-state index in [-0.39, 0.29) is 11.8 Å². The molecule has 4 atom stereocenters. The van der Waals surface area contributed by atoms with Crippen LogP contribution in [0.2, 0.25) is 0 Å². The van der Waals surface area contributed by atoms with Gasteiger partial charge in [-0.25, -0.2) is 15.0 Å². The molecule has 0 aliphatic heterocycles. The van der Waals surface area contributed by atoms with E-state index in [2.05, 4.69) is 58.6 Å². The molecule has 2 aromatic heterocycles. The van der Waals surface area contributed by atoms with Crippen LogP contribution in [-0.4, -0.2) is 60.4 Å². The number of hydrogen-bond acceptors (Lipinski definition) is 7. The molecule has 5 rings (SSSR count). The summed E-state index contributed by atoms with van der Waals surface area (Å²) in [6.45, 7) is 4.44. The second-order valence-corrected chi connectivity index (χ2v) is 10.7. The van der Waals surface area contributed by atoms with Crippen LogP contribution in [0, 0.1) is 11.8 Å². The van der Waals surface area contributed by atoms with Gasteiger partial charge in [0.1, 0.15) is 12.2 Å². The number of fused-ring (bicyclic) bond motifs is 1. The van der Waals surface area contributed by atoms with E-state index in [1.165, 1.54) is 11.1 Å². The van der Waals surface area contributed by atoms with Crippen LogP contribution >= 0.6 is 0 Å². The van der Waals surface area contributed by atoms with Gasteiger partial charge in [-0.2, -0.15) is 0 Å². The summed E-state index contributed by atoms with van der Waals surface area (Å²) in [4.78, 5) is 26.2. The van der Waals surface area contributed by atoms with Crippen LogP contribution in [0.4, 0.5) is 5.82 Å². The van der Waals surface area contributed by atoms with Crippen LogP contribution < -0.4 is 10.6 Å². The molecule has 1 saturated carbocycles. The van der Waals surface area contributed by atoms with Gasteiger partial charge in [-0.1, -0.05) is 86.9 Å². The smallest absolute Gasteiger partial charge is 0.220 e. The summed E-state index contributed by atoms with van der Waals surface area (Å²) in [5.41, 5.74) is 3.42. The maximum atomic E-state index is 12.0. The van der Waals surface area contributed by atoms with E-state index in [0.29, 0.717) is 42.2 Å². The summed E-state index contributed by atoms with van der Waals surface area (Å²) in [5, 5.41) is 28.0. The van der Waals surface area contributed by atoms with Crippen LogP contribution in [0.5, 0.6) is 0 Å². The lowest BCUT2D eigenvalue weighted by molar-refractivity contribution is -0.122. The van der Waals surface area contributed by atoms with E-state index in [1.807, 2.05) is 36.4 Å². The summed E-state index contributed by atoms with van der Waals surface area (Å²) in [6.07, 6.45) is 2.84. The lowest BCUT2D eigenvalue weighted by Gasteiger charge is -2.20. The molecule has 2 aromatic carbocycles. The van der Waals surface area contributed by atoms with Gasteiger partial charge < -0.3 is 25.4 Å². The first-order valence-corrected chi connectivity index (χ1v) is 14.7. The zero-order chi connectivity index (χ0) is 29.5. The van der Waals surface area contributed by atoms with Crippen LogP contribution in [0.25, 0.3) is 11.2 Å². The zero-order valence-electron chi connectivity index (χ0n) is 24.1. The van der Waals surface area contributed by atoms with E-state index < -0.39 is 24.3 Å². The molecule has 9 heteroatoms. The van der Waals surface area contributed by atoms with Crippen LogP contribution in [0.15, 0.2) is 67.0 Å². The van der Waals surface area contributed by atoms with Crippen molar-refractivity contribution in [3.05, 3.63) is 83.9 Å². The van der Waals surface area contributed by atoms with Gasteiger partial charge in [0.2, 0.25) is 11.7 Å². The second kappa shape index (κ2) is 13.6. The number of aromatic nitrogens is 4. The first-order valence-electron chi connectivity index (χ1n) is 14.7. The van der Waals surface area contributed by atoms with Gasteiger partial charge in [0.05, 0.1) is 18.4 Å². The minimum Gasteiger partial charge on any atom is -0.388 e. The number of carbonyl (C=O) groups excluding carboxylic acids is 1. The number of carbonyl (C=O) groups is 1. The number of anilines is 1. The molecule has 0 saturated heterocycles. The molecule has 1 amide bonds. The molecule has 0 bridgehead atoms. The Morgan fingerprint density at radius 3 is 2.36 bits per heavy atom. The van der Waals surface area contributed by atoms with Crippen molar-refractivity contribution >= 4 is 22.9 Å². The lowest BCUT2D eigenvalue weighted by Crippen LogP contribution is -2.42. The third-order valence-electron chi connectivity index (χ3n) is 7.83. The fourth-order valence-electron chi connectivity index (χ4n) is 5.48. The average molecular weight is 567 g/mol. The van der Waals surface area contributed by atoms with Gasteiger partial charge in [0.25, 0.3) is 0 Å². The van der Waals surface area contributed by atoms with Crippen molar-refractivity contribution < 1.29 is 15.0 Å². The Hall–Kier alpha value is -4.26. The number of aliphatic hydroxyl groups is 2. The second-order valence-electron chi connectivity index (χ2n) is 10.7. The highest BCUT2D eigenvalue weighted by molar-refractivity contribution is 5.83. The fourth-order valence-corrected chi connectivity index (χ4v) is 5.48. The van der Waals surface area contributed by atoms with Crippen molar-refractivity contribution in [2.24, 2.45) is 0 Å². The van der Waals surface area contributed by atoms with Gasteiger partial charge in [0, 0.05) is 25.3 Å². The number of hydrogen-bond donors (Lipinski definition) is 4. The van der Waals surface area contributed by atoms with Crippen molar-refractivity contribution in [2.75, 3.05) is 11.9 Å². The van der Waals surface area contributed by atoms with Crippen LogP contribution in [0.1, 0.15) is 74.9 Å². The largest absolute Gasteiger partial charge is 0.388 e. The van der Waals surface area contributed by atoms with Crippen molar-refractivity contribution in [1.82, 2.24) is 24.8 Å². The third kappa shape index (κ3) is 6.46. The molecule has 218 valence electrons. The minimum absolute atomic E-state index is 0.0633. The number of nitrogens with zero attached hydrogens (tertiary/aromatic N) is 4. The molecule has 9 nitrogen and oxygen atoms in total.